The van der Waals surface area contributed by atoms with Crippen molar-refractivity contribution >= 4 is 35.0 Å². The minimum atomic E-state index is -3.50. The van der Waals surface area contributed by atoms with Crippen molar-refractivity contribution in [1.29, 1.82) is 0 Å². The molecule has 0 bridgehead atoms. The van der Waals surface area contributed by atoms with Crippen molar-refractivity contribution in [3.8, 4) is 5.75 Å². The van der Waals surface area contributed by atoms with E-state index in [9.17, 15) is 13.2 Å². The first kappa shape index (κ1) is 19.7. The number of hydrogen-bond acceptors (Lipinski definition) is 4. The van der Waals surface area contributed by atoms with Crippen LogP contribution in [0.15, 0.2) is 59.5 Å². The fraction of sp³-hybridized carbons (Fsp3) is 0.316. The maximum atomic E-state index is 12.7. The molecule has 1 atom stereocenters. The molecule has 0 saturated carbocycles. The van der Waals surface area contributed by atoms with Gasteiger partial charge in [-0.3, -0.25) is 0 Å². The molecule has 2 aromatic rings. The summed E-state index contributed by atoms with van der Waals surface area (Å²) in [6, 6.07) is 15.8. The zero-order chi connectivity index (χ0) is 18.4. The van der Waals surface area contributed by atoms with Crippen molar-refractivity contribution < 1.29 is 17.9 Å². The van der Waals surface area contributed by atoms with Crippen molar-refractivity contribution in [3.05, 3.63) is 54.6 Å². The summed E-state index contributed by atoms with van der Waals surface area (Å²) < 4.78 is 31.5. The van der Waals surface area contributed by atoms with Gasteiger partial charge in [0.25, 0.3) is 0 Å². The third-order valence-corrected chi connectivity index (χ3v) is 8.51. The summed E-state index contributed by atoms with van der Waals surface area (Å²) in [6.45, 7) is 3.63. The van der Waals surface area contributed by atoms with E-state index in [1.54, 1.807) is 37.4 Å². The summed E-state index contributed by atoms with van der Waals surface area (Å²) in [4.78, 5) is 12.4. The molecule has 2 rings (SSSR count). The molecular formula is C19H22O4SSe. The van der Waals surface area contributed by atoms with Gasteiger partial charge in [0.05, 0.1) is 0 Å². The summed E-state index contributed by atoms with van der Waals surface area (Å²) >= 11 is -0.268. The summed E-state index contributed by atoms with van der Waals surface area (Å²) in [6.07, 6.45) is 0. The van der Waals surface area contributed by atoms with Crippen molar-refractivity contribution in [3.63, 3.8) is 0 Å². The average molecular weight is 425 g/mol. The Morgan fingerprint density at radius 2 is 1.64 bits per heavy atom. The van der Waals surface area contributed by atoms with Gasteiger partial charge < -0.3 is 0 Å². The van der Waals surface area contributed by atoms with Crippen LogP contribution in [0.1, 0.15) is 13.8 Å². The number of carbonyl (C=O) groups is 1. The Morgan fingerprint density at radius 3 is 2.16 bits per heavy atom. The van der Waals surface area contributed by atoms with Crippen LogP contribution in [-0.2, 0) is 14.6 Å². The van der Waals surface area contributed by atoms with E-state index in [2.05, 4.69) is 0 Å². The molecule has 0 saturated heterocycles. The van der Waals surface area contributed by atoms with Gasteiger partial charge in [-0.05, 0) is 0 Å². The van der Waals surface area contributed by atoms with Crippen LogP contribution in [0.5, 0.6) is 5.75 Å². The number of methoxy groups -OCH3 is 1. The maximum absolute atomic E-state index is 12.7. The van der Waals surface area contributed by atoms with Crippen LogP contribution in [0.3, 0.4) is 0 Å². The standard InChI is InChI=1S/C19H22O4SSe/c1-14(2)19(20)18(25-17-11-9-15(23-3)10-12-17)13-24(21,22)16-7-5-4-6-8-16/h4-12,14,18H,13H2,1-3H3. The van der Waals surface area contributed by atoms with Gasteiger partial charge in [0, 0.05) is 0 Å². The minimum absolute atomic E-state index is 0.00433. The topological polar surface area (TPSA) is 60.4 Å². The molecule has 0 heterocycles. The Morgan fingerprint density at radius 1 is 1.04 bits per heavy atom. The second-order valence-electron chi connectivity index (χ2n) is 5.93. The number of rotatable bonds is 8. The third kappa shape index (κ3) is 5.43. The second-order valence-corrected chi connectivity index (χ2v) is 10.6. The molecule has 0 aromatic heterocycles. The average Bonchev–Trinajstić information content (AvgIpc) is 2.61. The SMILES string of the molecule is COc1ccc([Se]C(CS(=O)(=O)c2ccccc2)C(=O)C(C)C)cc1. The number of hydrogen-bond donors (Lipinski definition) is 0. The molecule has 2 aromatic carbocycles. The number of Topliss-reactive ketones (excluding diaryl/α,β-unsaturated/α-hetero) is 1. The number of sulfone groups is 1. The summed E-state index contributed by atoms with van der Waals surface area (Å²) in [5.41, 5.74) is 0. The van der Waals surface area contributed by atoms with E-state index in [0.717, 1.165) is 10.2 Å². The Bertz CT molecular complexity index is 799. The Hall–Kier alpha value is -1.62. The molecule has 0 spiro atoms. The van der Waals surface area contributed by atoms with E-state index in [1.165, 1.54) is 0 Å². The first-order valence-electron chi connectivity index (χ1n) is 7.95. The Balaban J connectivity index is 2.25. The van der Waals surface area contributed by atoms with E-state index in [1.807, 2.05) is 38.1 Å². The molecule has 0 fully saturated rings. The second kappa shape index (κ2) is 8.65. The van der Waals surface area contributed by atoms with Gasteiger partial charge in [-0.25, -0.2) is 0 Å². The van der Waals surface area contributed by atoms with Gasteiger partial charge >= 0.3 is 156 Å². The molecule has 0 aliphatic heterocycles. The molecule has 0 radical (unpaired) electrons. The molecule has 0 aliphatic rings. The van der Waals surface area contributed by atoms with Crippen LogP contribution >= 0.6 is 0 Å². The van der Waals surface area contributed by atoms with Crippen LogP contribution in [0.2, 0.25) is 4.82 Å². The molecule has 25 heavy (non-hydrogen) atoms. The number of benzene rings is 2. The summed E-state index contributed by atoms with van der Waals surface area (Å²) in [5, 5.41) is 0. The first-order chi connectivity index (χ1) is 11.8. The Kier molecular flexibility index (Phi) is 6.82. The van der Waals surface area contributed by atoms with E-state index < -0.39 is 14.7 Å². The molecule has 0 amide bonds. The van der Waals surface area contributed by atoms with E-state index in [-0.39, 0.29) is 37.3 Å². The monoisotopic (exact) mass is 426 g/mol. The fourth-order valence-corrected chi connectivity index (χ4v) is 7.36. The van der Waals surface area contributed by atoms with Crippen LogP contribution in [-0.4, -0.2) is 42.0 Å². The predicted octanol–water partition coefficient (Wildman–Crippen LogP) is 2.51. The van der Waals surface area contributed by atoms with Gasteiger partial charge in [-0.15, -0.1) is 0 Å². The molecule has 134 valence electrons. The third-order valence-electron chi connectivity index (χ3n) is 3.70. The number of ketones is 1. The van der Waals surface area contributed by atoms with Crippen molar-refractivity contribution in [2.75, 3.05) is 12.9 Å². The molecule has 0 aliphatic carbocycles. The van der Waals surface area contributed by atoms with Gasteiger partial charge in [0.2, 0.25) is 0 Å². The first-order valence-corrected chi connectivity index (χ1v) is 11.5. The van der Waals surface area contributed by atoms with E-state index in [4.69, 9.17) is 4.74 Å². The van der Waals surface area contributed by atoms with E-state index in [0.29, 0.717) is 0 Å². The van der Waals surface area contributed by atoms with Crippen molar-refractivity contribution in [2.24, 2.45) is 5.92 Å². The summed E-state index contributed by atoms with van der Waals surface area (Å²) in [5.74, 6) is 0.384. The number of carbonyl (C=O) groups excluding carboxylic acids is 1. The molecule has 6 heteroatoms. The quantitative estimate of drug-likeness (QED) is 0.610. The van der Waals surface area contributed by atoms with Crippen LogP contribution < -0.4 is 9.20 Å². The van der Waals surface area contributed by atoms with Gasteiger partial charge in [-0.2, -0.15) is 0 Å². The Labute approximate surface area is 155 Å². The molecular weight excluding hydrogens is 403 g/mol. The van der Waals surface area contributed by atoms with Crippen molar-refractivity contribution in [1.82, 2.24) is 0 Å². The van der Waals surface area contributed by atoms with Gasteiger partial charge in [-0.1, -0.05) is 0 Å². The van der Waals surface area contributed by atoms with Crippen LogP contribution in [0, 0.1) is 5.92 Å². The number of ether oxygens (including phenoxy) is 1. The van der Waals surface area contributed by atoms with Gasteiger partial charge in [0.1, 0.15) is 0 Å². The molecule has 1 unspecified atom stereocenters. The zero-order valence-electron chi connectivity index (χ0n) is 14.5. The fourth-order valence-electron chi connectivity index (χ4n) is 2.29. The normalized spacial score (nSPS) is 12.8. The van der Waals surface area contributed by atoms with E-state index >= 15 is 0 Å². The zero-order valence-corrected chi connectivity index (χ0v) is 17.0. The molecule has 0 N–H and O–H groups in total. The summed E-state index contributed by atoms with van der Waals surface area (Å²) in [7, 11) is -1.91. The predicted molar refractivity (Wildman–Crippen MR) is 100 cm³/mol. The van der Waals surface area contributed by atoms with Crippen LogP contribution in [0.4, 0.5) is 0 Å². The van der Waals surface area contributed by atoms with Crippen molar-refractivity contribution in [2.45, 2.75) is 23.6 Å². The van der Waals surface area contributed by atoms with Gasteiger partial charge in [0.15, 0.2) is 0 Å². The van der Waals surface area contributed by atoms with Crippen LogP contribution in [0.25, 0.3) is 0 Å². The molecule has 4 nitrogen and oxygen atoms in total.